The maximum absolute atomic E-state index is 10.8. The number of aliphatic hydroxyl groups excluding tert-OH is 1. The van der Waals surface area contributed by atoms with E-state index in [1.165, 1.54) is 5.56 Å². The van der Waals surface area contributed by atoms with Crippen LogP contribution in [0.3, 0.4) is 0 Å². The molecule has 1 aromatic carbocycles. The van der Waals surface area contributed by atoms with Gasteiger partial charge in [-0.3, -0.25) is 4.90 Å². The standard InChI is InChI=1S/C17H26N2O2/c1-12-4-5-16-14(10-12)17(20)15(11-21-16)19(3)13-6-8-18(2)9-7-13/h4-5,10,13,15,17,20H,6-9,11H2,1-3H3. The molecule has 4 heteroatoms. The number of aryl methyl sites for hydroxylation is 1. The molecule has 1 saturated heterocycles. The molecular formula is C17H26N2O2. The van der Waals surface area contributed by atoms with Crippen LogP contribution in [0.25, 0.3) is 0 Å². The van der Waals surface area contributed by atoms with Crippen molar-refractivity contribution in [3.8, 4) is 5.75 Å². The lowest BCUT2D eigenvalue weighted by Gasteiger charge is -2.43. The highest BCUT2D eigenvalue weighted by atomic mass is 16.5. The van der Waals surface area contributed by atoms with Crippen molar-refractivity contribution in [3.63, 3.8) is 0 Å². The van der Waals surface area contributed by atoms with Crippen molar-refractivity contribution in [1.29, 1.82) is 0 Å². The van der Waals surface area contributed by atoms with Crippen LogP contribution in [0.15, 0.2) is 18.2 Å². The highest BCUT2D eigenvalue weighted by Gasteiger charge is 2.35. The van der Waals surface area contributed by atoms with Crippen molar-refractivity contribution >= 4 is 0 Å². The number of fused-ring (bicyclic) bond motifs is 1. The molecule has 2 atom stereocenters. The van der Waals surface area contributed by atoms with Gasteiger partial charge in [-0.25, -0.2) is 0 Å². The minimum absolute atomic E-state index is 0.0488. The number of likely N-dealkylation sites (tertiary alicyclic amines) is 1. The summed E-state index contributed by atoms with van der Waals surface area (Å²) >= 11 is 0. The van der Waals surface area contributed by atoms with E-state index in [9.17, 15) is 5.11 Å². The smallest absolute Gasteiger partial charge is 0.125 e. The number of hydrogen-bond donors (Lipinski definition) is 1. The highest BCUT2D eigenvalue weighted by molar-refractivity contribution is 5.40. The Kier molecular flexibility index (Phi) is 4.20. The molecule has 0 amide bonds. The largest absolute Gasteiger partial charge is 0.491 e. The van der Waals surface area contributed by atoms with Crippen molar-refractivity contribution in [2.75, 3.05) is 33.8 Å². The molecule has 1 aromatic rings. The Balaban J connectivity index is 1.74. The Morgan fingerprint density at radius 2 is 2.00 bits per heavy atom. The van der Waals surface area contributed by atoms with Gasteiger partial charge in [0.15, 0.2) is 0 Å². The van der Waals surface area contributed by atoms with E-state index >= 15 is 0 Å². The minimum atomic E-state index is -0.460. The molecule has 116 valence electrons. The summed E-state index contributed by atoms with van der Waals surface area (Å²) in [6, 6.07) is 6.64. The molecule has 1 fully saturated rings. The van der Waals surface area contributed by atoms with Crippen LogP contribution in [0.2, 0.25) is 0 Å². The Labute approximate surface area is 127 Å². The average Bonchev–Trinajstić information content (AvgIpc) is 2.48. The van der Waals surface area contributed by atoms with E-state index in [1.807, 2.05) is 12.1 Å². The van der Waals surface area contributed by atoms with E-state index in [0.29, 0.717) is 12.6 Å². The molecule has 2 aliphatic rings. The predicted octanol–water partition coefficient (Wildman–Crippen LogP) is 1.82. The first-order chi connectivity index (χ1) is 10.1. The Hall–Kier alpha value is -1.10. The molecule has 0 saturated carbocycles. The van der Waals surface area contributed by atoms with Crippen LogP contribution in [0.4, 0.5) is 0 Å². The third-order valence-electron chi connectivity index (χ3n) is 5.05. The fraction of sp³-hybridized carbons (Fsp3) is 0.647. The summed E-state index contributed by atoms with van der Waals surface area (Å²) in [5, 5.41) is 10.8. The maximum atomic E-state index is 10.8. The molecule has 0 aliphatic carbocycles. The second-order valence-electron chi connectivity index (χ2n) is 6.56. The van der Waals surface area contributed by atoms with Crippen LogP contribution in [0.1, 0.15) is 30.1 Å². The number of hydrogen-bond acceptors (Lipinski definition) is 4. The molecule has 2 aliphatic heterocycles. The minimum Gasteiger partial charge on any atom is -0.491 e. The topological polar surface area (TPSA) is 35.9 Å². The molecule has 0 spiro atoms. The molecule has 1 N–H and O–H groups in total. The van der Waals surface area contributed by atoms with Crippen LogP contribution in [0, 0.1) is 6.92 Å². The molecule has 0 bridgehead atoms. The predicted molar refractivity (Wildman–Crippen MR) is 83.7 cm³/mol. The fourth-order valence-corrected chi connectivity index (χ4v) is 3.52. The van der Waals surface area contributed by atoms with Crippen LogP contribution < -0.4 is 4.74 Å². The summed E-state index contributed by atoms with van der Waals surface area (Å²) in [6.07, 6.45) is 1.87. The lowest BCUT2D eigenvalue weighted by Crippen LogP contribution is -2.51. The van der Waals surface area contributed by atoms with Gasteiger partial charge in [0.1, 0.15) is 18.5 Å². The van der Waals surface area contributed by atoms with Crippen LogP contribution in [-0.4, -0.2) is 60.8 Å². The first-order valence-corrected chi connectivity index (χ1v) is 7.88. The lowest BCUT2D eigenvalue weighted by molar-refractivity contribution is -0.0144. The monoisotopic (exact) mass is 290 g/mol. The summed E-state index contributed by atoms with van der Waals surface area (Å²) in [7, 11) is 4.31. The van der Waals surface area contributed by atoms with Gasteiger partial charge in [-0.15, -0.1) is 0 Å². The van der Waals surface area contributed by atoms with Crippen LogP contribution >= 0.6 is 0 Å². The van der Waals surface area contributed by atoms with Gasteiger partial charge >= 0.3 is 0 Å². The van der Waals surface area contributed by atoms with Gasteiger partial charge in [-0.2, -0.15) is 0 Å². The van der Waals surface area contributed by atoms with Crippen LogP contribution in [0.5, 0.6) is 5.75 Å². The number of ether oxygens (including phenoxy) is 1. The summed E-state index contributed by atoms with van der Waals surface area (Å²) in [5.41, 5.74) is 2.10. The summed E-state index contributed by atoms with van der Waals surface area (Å²) in [4.78, 5) is 4.71. The quantitative estimate of drug-likeness (QED) is 0.901. The maximum Gasteiger partial charge on any atom is 0.125 e. The van der Waals surface area contributed by atoms with E-state index in [1.54, 1.807) is 0 Å². The first kappa shape index (κ1) is 14.8. The number of rotatable bonds is 2. The molecular weight excluding hydrogens is 264 g/mol. The number of likely N-dealkylation sites (N-methyl/N-ethyl adjacent to an activating group) is 1. The van der Waals surface area contributed by atoms with E-state index in [0.717, 1.165) is 37.2 Å². The third kappa shape index (κ3) is 2.93. The zero-order chi connectivity index (χ0) is 15.0. The van der Waals surface area contributed by atoms with Gasteiger partial charge in [0, 0.05) is 11.6 Å². The Bertz CT molecular complexity index is 498. The number of piperidine rings is 1. The van der Waals surface area contributed by atoms with E-state index < -0.39 is 6.10 Å². The molecule has 0 aromatic heterocycles. The van der Waals surface area contributed by atoms with E-state index in [4.69, 9.17) is 4.74 Å². The number of aliphatic hydroxyl groups is 1. The van der Waals surface area contributed by atoms with Crippen molar-refractivity contribution in [3.05, 3.63) is 29.3 Å². The molecule has 2 heterocycles. The average molecular weight is 290 g/mol. The van der Waals surface area contributed by atoms with Crippen molar-refractivity contribution in [2.24, 2.45) is 0 Å². The van der Waals surface area contributed by atoms with E-state index in [2.05, 4.69) is 36.9 Å². The summed E-state index contributed by atoms with van der Waals surface area (Å²) in [6.45, 7) is 4.89. The second kappa shape index (κ2) is 5.95. The third-order valence-corrected chi connectivity index (χ3v) is 5.05. The first-order valence-electron chi connectivity index (χ1n) is 7.88. The second-order valence-corrected chi connectivity index (χ2v) is 6.56. The normalized spacial score (nSPS) is 27.5. The van der Waals surface area contributed by atoms with Gasteiger partial charge in [-0.1, -0.05) is 11.6 Å². The van der Waals surface area contributed by atoms with Crippen LogP contribution in [-0.2, 0) is 0 Å². The number of nitrogens with zero attached hydrogens (tertiary/aromatic N) is 2. The van der Waals surface area contributed by atoms with Gasteiger partial charge in [0.05, 0.1) is 6.04 Å². The van der Waals surface area contributed by atoms with Crippen molar-refractivity contribution in [1.82, 2.24) is 9.80 Å². The molecule has 2 unspecified atom stereocenters. The van der Waals surface area contributed by atoms with Gasteiger partial charge in [0.2, 0.25) is 0 Å². The highest BCUT2D eigenvalue weighted by Crippen LogP contribution is 2.35. The Morgan fingerprint density at radius 3 is 2.71 bits per heavy atom. The van der Waals surface area contributed by atoms with Crippen molar-refractivity contribution in [2.45, 2.75) is 38.0 Å². The SMILES string of the molecule is Cc1ccc2c(c1)C(O)C(N(C)C1CCN(C)CC1)CO2. The zero-order valence-corrected chi connectivity index (χ0v) is 13.2. The lowest BCUT2D eigenvalue weighted by atomic mass is 9.94. The van der Waals surface area contributed by atoms with Crippen molar-refractivity contribution < 1.29 is 9.84 Å². The number of benzene rings is 1. The molecule has 3 rings (SSSR count). The molecule has 0 radical (unpaired) electrons. The Morgan fingerprint density at radius 1 is 1.29 bits per heavy atom. The van der Waals surface area contributed by atoms with Gasteiger partial charge in [0.25, 0.3) is 0 Å². The van der Waals surface area contributed by atoms with E-state index in [-0.39, 0.29) is 6.04 Å². The fourth-order valence-electron chi connectivity index (χ4n) is 3.52. The van der Waals surface area contributed by atoms with Gasteiger partial charge in [-0.05, 0) is 59.1 Å². The molecule has 4 nitrogen and oxygen atoms in total. The molecule has 21 heavy (non-hydrogen) atoms. The summed E-state index contributed by atoms with van der Waals surface area (Å²) < 4.78 is 5.88. The summed E-state index contributed by atoms with van der Waals surface area (Å²) in [5.74, 6) is 0.834. The zero-order valence-electron chi connectivity index (χ0n) is 13.2. The van der Waals surface area contributed by atoms with Gasteiger partial charge < -0.3 is 14.7 Å².